The van der Waals surface area contributed by atoms with Gasteiger partial charge in [0.05, 0.1) is 0 Å². The van der Waals surface area contributed by atoms with Gasteiger partial charge in [-0.15, -0.1) is 0 Å². The van der Waals surface area contributed by atoms with E-state index in [0.717, 1.165) is 23.5 Å². The number of aromatic nitrogens is 2. The molecule has 1 aromatic carbocycles. The van der Waals surface area contributed by atoms with Gasteiger partial charge in [-0.25, -0.2) is 9.97 Å². The number of anilines is 2. The van der Waals surface area contributed by atoms with Crippen LogP contribution in [0.2, 0.25) is 0 Å². The first kappa shape index (κ1) is 18.8. The molecule has 0 N–H and O–H groups in total. The van der Waals surface area contributed by atoms with Crippen molar-refractivity contribution in [3.8, 4) is 0 Å². The molecule has 1 aliphatic heterocycles. The lowest BCUT2D eigenvalue weighted by molar-refractivity contribution is -0.118. The lowest BCUT2D eigenvalue weighted by atomic mass is 10.2. The predicted molar refractivity (Wildman–Crippen MR) is 105 cm³/mol. The van der Waals surface area contributed by atoms with Crippen molar-refractivity contribution >= 4 is 23.8 Å². The lowest BCUT2D eigenvalue weighted by Gasteiger charge is -2.33. The van der Waals surface area contributed by atoms with Crippen LogP contribution in [0.3, 0.4) is 0 Å². The van der Waals surface area contributed by atoms with Gasteiger partial charge in [-0.05, 0) is 38.5 Å². The fourth-order valence-electron chi connectivity index (χ4n) is 3.26. The molecule has 0 atom stereocenters. The fraction of sp³-hybridized carbons (Fsp3) is 0.400. The smallest absolute Gasteiger partial charge is 0.277 e. The van der Waals surface area contributed by atoms with Gasteiger partial charge in [-0.1, -0.05) is 12.1 Å². The van der Waals surface area contributed by atoms with Crippen LogP contribution in [0.5, 0.6) is 0 Å². The van der Waals surface area contributed by atoms with Crippen molar-refractivity contribution in [3.05, 3.63) is 47.4 Å². The molecular weight excluding hydrogens is 342 g/mol. The van der Waals surface area contributed by atoms with E-state index in [1.54, 1.807) is 22.8 Å². The number of hydrogen-bond donors (Lipinski definition) is 0. The van der Waals surface area contributed by atoms with E-state index in [0.29, 0.717) is 44.2 Å². The van der Waals surface area contributed by atoms with Crippen LogP contribution in [0.25, 0.3) is 0 Å². The molecule has 1 fully saturated rings. The average molecular weight is 367 g/mol. The van der Waals surface area contributed by atoms with Crippen molar-refractivity contribution in [3.63, 3.8) is 0 Å². The number of amides is 2. The van der Waals surface area contributed by atoms with E-state index >= 15 is 0 Å². The van der Waals surface area contributed by atoms with Crippen molar-refractivity contribution < 1.29 is 9.59 Å². The molecule has 7 heteroatoms. The fourth-order valence-corrected chi connectivity index (χ4v) is 3.26. The maximum Gasteiger partial charge on any atom is 0.277 e. The van der Waals surface area contributed by atoms with Gasteiger partial charge >= 0.3 is 0 Å². The van der Waals surface area contributed by atoms with Gasteiger partial charge in [0.15, 0.2) is 0 Å². The lowest BCUT2D eigenvalue weighted by Crippen LogP contribution is -2.46. The molecule has 2 heterocycles. The molecule has 27 heavy (non-hydrogen) atoms. The van der Waals surface area contributed by atoms with Crippen molar-refractivity contribution in [1.29, 1.82) is 0 Å². The van der Waals surface area contributed by atoms with Crippen molar-refractivity contribution in [2.24, 2.45) is 0 Å². The molecule has 2 aromatic rings. The second-order valence-corrected chi connectivity index (χ2v) is 6.68. The number of piperazine rings is 1. The van der Waals surface area contributed by atoms with Crippen LogP contribution in [-0.4, -0.2) is 59.9 Å². The van der Waals surface area contributed by atoms with E-state index in [4.69, 9.17) is 0 Å². The minimum Gasteiger partial charge on any atom is -0.353 e. The van der Waals surface area contributed by atoms with Crippen LogP contribution >= 0.6 is 0 Å². The Morgan fingerprint density at radius 1 is 1.15 bits per heavy atom. The van der Waals surface area contributed by atoms with Crippen molar-refractivity contribution in [2.45, 2.75) is 20.8 Å². The van der Waals surface area contributed by atoms with E-state index in [-0.39, 0.29) is 5.91 Å². The van der Waals surface area contributed by atoms with Crippen LogP contribution in [-0.2, 0) is 4.79 Å². The Balaban J connectivity index is 1.86. The minimum absolute atomic E-state index is 0.138. The van der Waals surface area contributed by atoms with Gasteiger partial charge in [0.1, 0.15) is 17.3 Å². The normalized spacial score (nSPS) is 14.2. The van der Waals surface area contributed by atoms with E-state index < -0.39 is 0 Å². The molecule has 3 rings (SSSR count). The molecule has 1 aromatic heterocycles. The first-order chi connectivity index (χ1) is 13.0. The highest BCUT2D eigenvalue weighted by atomic mass is 16.2. The van der Waals surface area contributed by atoms with Gasteiger partial charge in [0, 0.05) is 44.5 Å². The summed E-state index contributed by atoms with van der Waals surface area (Å²) < 4.78 is 0. The molecule has 0 unspecified atom stereocenters. The zero-order valence-corrected chi connectivity index (χ0v) is 16.1. The molecule has 1 saturated heterocycles. The Bertz CT molecular complexity index is 831. The summed E-state index contributed by atoms with van der Waals surface area (Å²) in [6.45, 7) is 9.00. The monoisotopic (exact) mass is 367 g/mol. The molecule has 7 nitrogen and oxygen atoms in total. The number of carbonyl (C=O) groups excluding carboxylic acids is 2. The van der Waals surface area contributed by atoms with E-state index in [2.05, 4.69) is 14.9 Å². The Hall–Kier alpha value is -2.96. The third-order valence-electron chi connectivity index (χ3n) is 4.71. The summed E-state index contributed by atoms with van der Waals surface area (Å²) in [5.41, 5.74) is 2.35. The SMILES string of the molecule is CCN(C(=O)c1cc(N2CCN(C=O)CC2)nc(C)n1)c1cccc(C)c1. The van der Waals surface area contributed by atoms with Crippen LogP contribution in [0.4, 0.5) is 11.5 Å². The van der Waals surface area contributed by atoms with Crippen molar-refractivity contribution in [2.75, 3.05) is 42.5 Å². The molecular formula is C20H25N5O2. The summed E-state index contributed by atoms with van der Waals surface area (Å²) in [6, 6.07) is 9.64. The molecule has 1 aliphatic rings. The van der Waals surface area contributed by atoms with Gasteiger partial charge in [0.2, 0.25) is 6.41 Å². The summed E-state index contributed by atoms with van der Waals surface area (Å²) in [6.07, 6.45) is 0.874. The molecule has 0 radical (unpaired) electrons. The summed E-state index contributed by atoms with van der Waals surface area (Å²) in [5, 5.41) is 0. The van der Waals surface area contributed by atoms with Gasteiger partial charge in [0.25, 0.3) is 5.91 Å². The zero-order chi connectivity index (χ0) is 19.4. The summed E-state index contributed by atoms with van der Waals surface area (Å²) in [4.78, 5) is 38.5. The first-order valence-corrected chi connectivity index (χ1v) is 9.20. The predicted octanol–water partition coefficient (Wildman–Crippen LogP) is 2.04. The van der Waals surface area contributed by atoms with Crippen LogP contribution in [0, 0.1) is 13.8 Å². The number of carbonyl (C=O) groups is 2. The highest BCUT2D eigenvalue weighted by Crippen LogP contribution is 2.20. The Morgan fingerprint density at radius 3 is 2.52 bits per heavy atom. The van der Waals surface area contributed by atoms with E-state index in [9.17, 15) is 9.59 Å². The molecule has 0 saturated carbocycles. The maximum atomic E-state index is 13.1. The number of aryl methyl sites for hydroxylation is 2. The Morgan fingerprint density at radius 2 is 1.89 bits per heavy atom. The number of hydrogen-bond acceptors (Lipinski definition) is 5. The standard InChI is InChI=1S/C20H25N5O2/c1-4-25(17-7-5-6-15(2)12-17)20(27)18-13-19(22-16(3)21-18)24-10-8-23(14-26)9-11-24/h5-7,12-14H,4,8-11H2,1-3H3. The molecule has 0 spiro atoms. The Kier molecular flexibility index (Phi) is 5.69. The third kappa shape index (κ3) is 4.24. The van der Waals surface area contributed by atoms with Gasteiger partial charge in [-0.2, -0.15) is 0 Å². The summed E-state index contributed by atoms with van der Waals surface area (Å²) in [7, 11) is 0. The number of benzene rings is 1. The average Bonchev–Trinajstić information content (AvgIpc) is 2.68. The van der Waals surface area contributed by atoms with Crippen LogP contribution in [0.1, 0.15) is 28.8 Å². The Labute approximate surface area is 159 Å². The highest BCUT2D eigenvalue weighted by Gasteiger charge is 2.22. The second-order valence-electron chi connectivity index (χ2n) is 6.68. The molecule has 142 valence electrons. The number of rotatable bonds is 5. The zero-order valence-electron chi connectivity index (χ0n) is 16.1. The second kappa shape index (κ2) is 8.16. The third-order valence-corrected chi connectivity index (χ3v) is 4.71. The molecule has 2 amide bonds. The van der Waals surface area contributed by atoms with Gasteiger partial charge in [-0.3, -0.25) is 9.59 Å². The van der Waals surface area contributed by atoms with E-state index in [1.807, 2.05) is 38.1 Å². The quantitative estimate of drug-likeness (QED) is 0.757. The van der Waals surface area contributed by atoms with Gasteiger partial charge < -0.3 is 14.7 Å². The summed E-state index contributed by atoms with van der Waals surface area (Å²) in [5.74, 6) is 1.16. The largest absolute Gasteiger partial charge is 0.353 e. The van der Waals surface area contributed by atoms with Crippen LogP contribution < -0.4 is 9.80 Å². The highest BCUT2D eigenvalue weighted by molar-refractivity contribution is 6.05. The maximum absolute atomic E-state index is 13.1. The van der Waals surface area contributed by atoms with Crippen LogP contribution in [0.15, 0.2) is 30.3 Å². The summed E-state index contributed by atoms with van der Waals surface area (Å²) >= 11 is 0. The number of nitrogens with zero attached hydrogens (tertiary/aromatic N) is 5. The van der Waals surface area contributed by atoms with Crippen molar-refractivity contribution in [1.82, 2.24) is 14.9 Å². The minimum atomic E-state index is -0.138. The molecule has 0 aliphatic carbocycles. The topological polar surface area (TPSA) is 69.6 Å². The van der Waals surface area contributed by atoms with E-state index in [1.165, 1.54) is 0 Å². The molecule has 0 bridgehead atoms. The first-order valence-electron chi connectivity index (χ1n) is 9.20.